The minimum absolute atomic E-state index is 0.298. The van der Waals surface area contributed by atoms with Gasteiger partial charge in [0.15, 0.2) is 11.5 Å². The monoisotopic (exact) mass is 237 g/mol. The fourth-order valence-electron chi connectivity index (χ4n) is 2.25. The van der Waals surface area contributed by atoms with Gasteiger partial charge in [-0.3, -0.25) is 0 Å². The highest BCUT2D eigenvalue weighted by Gasteiger charge is 2.38. The molecule has 1 aromatic rings. The van der Waals surface area contributed by atoms with Crippen LogP contribution in [0, 0.1) is 0 Å². The SMILES string of the molecule is COc1cc(OC)c(OC)c(C2(N)CCC2)c1. The van der Waals surface area contributed by atoms with Crippen LogP contribution in [0.2, 0.25) is 0 Å². The van der Waals surface area contributed by atoms with E-state index in [2.05, 4.69) is 0 Å². The standard InChI is InChI=1S/C13H19NO3/c1-15-9-7-10(13(14)5-4-6-13)12(17-3)11(8-9)16-2/h7-8H,4-6,14H2,1-3H3. The quantitative estimate of drug-likeness (QED) is 0.870. The molecule has 0 heterocycles. The van der Waals surface area contributed by atoms with Gasteiger partial charge < -0.3 is 19.9 Å². The summed E-state index contributed by atoms with van der Waals surface area (Å²) in [4.78, 5) is 0. The first-order chi connectivity index (χ1) is 8.14. The van der Waals surface area contributed by atoms with Gasteiger partial charge in [0.1, 0.15) is 5.75 Å². The number of benzene rings is 1. The highest BCUT2D eigenvalue weighted by Crippen LogP contribution is 2.47. The second-order valence-electron chi connectivity index (χ2n) is 4.42. The lowest BCUT2D eigenvalue weighted by Crippen LogP contribution is -2.43. The molecule has 0 bridgehead atoms. The third-order valence-electron chi connectivity index (χ3n) is 3.47. The maximum Gasteiger partial charge on any atom is 0.166 e. The fraction of sp³-hybridized carbons (Fsp3) is 0.538. The second kappa shape index (κ2) is 4.45. The van der Waals surface area contributed by atoms with Gasteiger partial charge in [0.25, 0.3) is 0 Å². The van der Waals surface area contributed by atoms with Gasteiger partial charge in [-0.15, -0.1) is 0 Å². The van der Waals surface area contributed by atoms with Crippen molar-refractivity contribution in [3.8, 4) is 17.2 Å². The summed E-state index contributed by atoms with van der Waals surface area (Å²) >= 11 is 0. The maximum atomic E-state index is 6.36. The molecule has 1 aliphatic rings. The Kier molecular flexibility index (Phi) is 3.15. The number of hydrogen-bond donors (Lipinski definition) is 1. The summed E-state index contributed by atoms with van der Waals surface area (Å²) in [5, 5.41) is 0. The van der Waals surface area contributed by atoms with Crippen molar-refractivity contribution in [2.24, 2.45) is 5.73 Å². The number of rotatable bonds is 4. The molecule has 2 N–H and O–H groups in total. The van der Waals surface area contributed by atoms with Crippen LogP contribution in [0.15, 0.2) is 12.1 Å². The molecule has 2 rings (SSSR count). The highest BCUT2D eigenvalue weighted by atomic mass is 16.5. The first-order valence-electron chi connectivity index (χ1n) is 5.74. The Morgan fingerprint density at radius 1 is 1.06 bits per heavy atom. The highest BCUT2D eigenvalue weighted by molar-refractivity contribution is 5.55. The van der Waals surface area contributed by atoms with Crippen molar-refractivity contribution in [3.63, 3.8) is 0 Å². The van der Waals surface area contributed by atoms with Gasteiger partial charge in [-0.25, -0.2) is 0 Å². The molecule has 0 unspecified atom stereocenters. The predicted molar refractivity (Wildman–Crippen MR) is 65.8 cm³/mol. The maximum absolute atomic E-state index is 6.36. The molecule has 1 aliphatic carbocycles. The molecule has 1 aromatic carbocycles. The summed E-state index contributed by atoms with van der Waals surface area (Å²) in [5.74, 6) is 2.13. The largest absolute Gasteiger partial charge is 0.497 e. The Labute approximate surface area is 102 Å². The van der Waals surface area contributed by atoms with Crippen LogP contribution in [0.1, 0.15) is 24.8 Å². The number of hydrogen-bond acceptors (Lipinski definition) is 4. The van der Waals surface area contributed by atoms with E-state index in [0.29, 0.717) is 5.75 Å². The first kappa shape index (κ1) is 12.0. The van der Waals surface area contributed by atoms with Gasteiger partial charge in [0, 0.05) is 17.2 Å². The van der Waals surface area contributed by atoms with E-state index >= 15 is 0 Å². The smallest absolute Gasteiger partial charge is 0.166 e. The Hall–Kier alpha value is -1.42. The number of methoxy groups -OCH3 is 3. The van der Waals surface area contributed by atoms with Gasteiger partial charge in [0.05, 0.1) is 21.3 Å². The minimum Gasteiger partial charge on any atom is -0.497 e. The molecule has 0 spiro atoms. The normalized spacial score (nSPS) is 17.2. The molecule has 17 heavy (non-hydrogen) atoms. The van der Waals surface area contributed by atoms with Crippen LogP contribution in [0.5, 0.6) is 17.2 Å². The summed E-state index contributed by atoms with van der Waals surface area (Å²) in [7, 11) is 4.88. The molecule has 4 heteroatoms. The third kappa shape index (κ3) is 1.93. The van der Waals surface area contributed by atoms with E-state index in [-0.39, 0.29) is 5.54 Å². The van der Waals surface area contributed by atoms with E-state index in [1.54, 1.807) is 21.3 Å². The molecule has 0 saturated heterocycles. The van der Waals surface area contributed by atoms with E-state index in [1.807, 2.05) is 12.1 Å². The summed E-state index contributed by atoms with van der Waals surface area (Å²) in [5.41, 5.74) is 7.03. The van der Waals surface area contributed by atoms with Gasteiger partial charge in [-0.2, -0.15) is 0 Å². The molecule has 1 fully saturated rings. The average molecular weight is 237 g/mol. The van der Waals surface area contributed by atoms with Crippen LogP contribution < -0.4 is 19.9 Å². The van der Waals surface area contributed by atoms with Gasteiger partial charge in [-0.1, -0.05) is 0 Å². The van der Waals surface area contributed by atoms with E-state index in [0.717, 1.165) is 36.3 Å². The van der Waals surface area contributed by atoms with E-state index in [1.165, 1.54) is 0 Å². The molecule has 1 saturated carbocycles. The van der Waals surface area contributed by atoms with Crippen molar-refractivity contribution in [2.45, 2.75) is 24.8 Å². The third-order valence-corrected chi connectivity index (χ3v) is 3.47. The molecule has 0 amide bonds. The first-order valence-corrected chi connectivity index (χ1v) is 5.74. The number of ether oxygens (including phenoxy) is 3. The predicted octanol–water partition coefficient (Wildman–Crippen LogP) is 2.05. The summed E-state index contributed by atoms with van der Waals surface area (Å²) in [6.07, 6.45) is 3.10. The lowest BCUT2D eigenvalue weighted by Gasteiger charge is -2.39. The van der Waals surface area contributed by atoms with E-state index in [9.17, 15) is 0 Å². The van der Waals surface area contributed by atoms with Gasteiger partial charge in [-0.05, 0) is 25.3 Å². The Morgan fingerprint density at radius 3 is 2.18 bits per heavy atom. The van der Waals surface area contributed by atoms with Crippen molar-refractivity contribution in [1.29, 1.82) is 0 Å². The van der Waals surface area contributed by atoms with Gasteiger partial charge >= 0.3 is 0 Å². The van der Waals surface area contributed by atoms with Crippen LogP contribution in [0.4, 0.5) is 0 Å². The molecule has 0 radical (unpaired) electrons. The van der Waals surface area contributed by atoms with Crippen molar-refractivity contribution < 1.29 is 14.2 Å². The fourth-order valence-corrected chi connectivity index (χ4v) is 2.25. The molecule has 94 valence electrons. The van der Waals surface area contributed by atoms with Crippen LogP contribution in [-0.2, 0) is 5.54 Å². The second-order valence-corrected chi connectivity index (χ2v) is 4.42. The number of nitrogens with two attached hydrogens (primary N) is 1. The molecule has 0 aromatic heterocycles. The Bertz CT molecular complexity index is 413. The molecule has 0 aliphatic heterocycles. The molecule has 4 nitrogen and oxygen atoms in total. The lowest BCUT2D eigenvalue weighted by molar-refractivity contribution is 0.239. The minimum atomic E-state index is -0.298. The zero-order valence-electron chi connectivity index (χ0n) is 10.6. The topological polar surface area (TPSA) is 53.7 Å². The molecular weight excluding hydrogens is 218 g/mol. The summed E-state index contributed by atoms with van der Waals surface area (Å²) < 4.78 is 16.0. The lowest BCUT2D eigenvalue weighted by atomic mass is 9.72. The molecular formula is C13H19NO3. The van der Waals surface area contributed by atoms with E-state index < -0.39 is 0 Å². The average Bonchev–Trinajstić information content (AvgIpc) is 2.33. The zero-order valence-corrected chi connectivity index (χ0v) is 10.6. The van der Waals surface area contributed by atoms with Crippen molar-refractivity contribution in [3.05, 3.63) is 17.7 Å². The van der Waals surface area contributed by atoms with Crippen LogP contribution >= 0.6 is 0 Å². The van der Waals surface area contributed by atoms with Crippen LogP contribution in [-0.4, -0.2) is 21.3 Å². The van der Waals surface area contributed by atoms with Gasteiger partial charge in [0.2, 0.25) is 0 Å². The van der Waals surface area contributed by atoms with Crippen LogP contribution in [0.25, 0.3) is 0 Å². The summed E-state index contributed by atoms with van der Waals surface area (Å²) in [6, 6.07) is 3.75. The Balaban J connectivity index is 2.54. The van der Waals surface area contributed by atoms with Crippen molar-refractivity contribution in [1.82, 2.24) is 0 Å². The zero-order chi connectivity index (χ0) is 12.5. The van der Waals surface area contributed by atoms with Crippen molar-refractivity contribution >= 4 is 0 Å². The Morgan fingerprint density at radius 2 is 1.76 bits per heavy atom. The van der Waals surface area contributed by atoms with Crippen molar-refractivity contribution in [2.75, 3.05) is 21.3 Å². The van der Waals surface area contributed by atoms with Crippen LogP contribution in [0.3, 0.4) is 0 Å². The van der Waals surface area contributed by atoms with E-state index in [4.69, 9.17) is 19.9 Å². The summed E-state index contributed by atoms with van der Waals surface area (Å²) in [6.45, 7) is 0. The molecule has 0 atom stereocenters.